The van der Waals surface area contributed by atoms with Gasteiger partial charge in [-0.05, 0) is 60.7 Å². The van der Waals surface area contributed by atoms with Gasteiger partial charge < -0.3 is 10.5 Å². The van der Waals surface area contributed by atoms with E-state index in [0.29, 0.717) is 17.4 Å². The van der Waals surface area contributed by atoms with E-state index < -0.39 is 15.9 Å². The van der Waals surface area contributed by atoms with Crippen molar-refractivity contribution in [1.82, 2.24) is 0 Å². The van der Waals surface area contributed by atoms with Crippen molar-refractivity contribution in [2.24, 2.45) is 5.73 Å². The summed E-state index contributed by atoms with van der Waals surface area (Å²) < 4.78 is 32.9. The van der Waals surface area contributed by atoms with E-state index in [1.807, 2.05) is 12.1 Å². The Bertz CT molecular complexity index is 871. The second-order valence-corrected chi connectivity index (χ2v) is 8.47. The Morgan fingerprint density at radius 1 is 1.00 bits per heavy atom. The fourth-order valence-corrected chi connectivity index (χ4v) is 4.40. The van der Waals surface area contributed by atoms with Crippen molar-refractivity contribution >= 4 is 21.6 Å². The lowest BCUT2D eigenvalue weighted by Gasteiger charge is -2.22. The van der Waals surface area contributed by atoms with E-state index in [9.17, 15) is 13.2 Å². The minimum absolute atomic E-state index is 0.224. The molecule has 3 rings (SSSR count). The van der Waals surface area contributed by atoms with E-state index in [4.69, 9.17) is 10.5 Å². The first-order valence-corrected chi connectivity index (χ1v) is 10.6. The molecule has 2 aromatic carbocycles. The van der Waals surface area contributed by atoms with Gasteiger partial charge in [-0.2, -0.15) is 0 Å². The smallest absolute Gasteiger partial charge is 0.261 e. The summed E-state index contributed by atoms with van der Waals surface area (Å²) in [4.78, 5) is 10.9. The van der Waals surface area contributed by atoms with Crippen LogP contribution >= 0.6 is 0 Å². The molecule has 1 aliphatic rings. The molecule has 1 aliphatic carbocycles. The summed E-state index contributed by atoms with van der Waals surface area (Å²) in [6, 6.07) is 13.5. The molecule has 0 bridgehead atoms. The molecule has 2 aromatic rings. The van der Waals surface area contributed by atoms with Crippen molar-refractivity contribution in [1.29, 1.82) is 0 Å². The van der Waals surface area contributed by atoms with E-state index >= 15 is 0 Å². The van der Waals surface area contributed by atoms with Gasteiger partial charge in [0.1, 0.15) is 5.75 Å². The Labute approximate surface area is 159 Å². The maximum absolute atomic E-state index is 12.6. The number of primary amides is 1. The molecule has 0 unspecified atom stereocenters. The van der Waals surface area contributed by atoms with Gasteiger partial charge in [-0.1, -0.05) is 31.4 Å². The predicted molar refractivity (Wildman–Crippen MR) is 104 cm³/mol. The van der Waals surface area contributed by atoms with Crippen LogP contribution in [0.5, 0.6) is 5.75 Å². The van der Waals surface area contributed by atoms with E-state index in [2.05, 4.69) is 4.72 Å². The lowest BCUT2D eigenvalue weighted by Crippen LogP contribution is -2.20. The van der Waals surface area contributed by atoms with Crippen LogP contribution in [0.2, 0.25) is 0 Å². The molecule has 0 saturated heterocycles. The van der Waals surface area contributed by atoms with Gasteiger partial charge in [0.2, 0.25) is 0 Å². The summed E-state index contributed by atoms with van der Waals surface area (Å²) >= 11 is 0. The maximum atomic E-state index is 12.6. The average Bonchev–Trinajstić information content (AvgIpc) is 2.68. The first-order valence-electron chi connectivity index (χ1n) is 9.08. The molecule has 1 amide bonds. The number of carbonyl (C=O) groups excluding carboxylic acids is 1. The summed E-state index contributed by atoms with van der Waals surface area (Å²) in [6.07, 6.45) is 6.12. The normalized spacial score (nSPS) is 15.3. The maximum Gasteiger partial charge on any atom is 0.261 e. The third kappa shape index (κ3) is 5.23. The second-order valence-electron chi connectivity index (χ2n) is 6.79. The summed E-state index contributed by atoms with van der Waals surface area (Å²) in [5.74, 6) is 0.404. The first-order chi connectivity index (χ1) is 12.9. The lowest BCUT2D eigenvalue weighted by molar-refractivity contribution is -0.119. The fraction of sp³-hybridized carbons (Fsp3) is 0.350. The first kappa shape index (κ1) is 19.2. The largest absolute Gasteiger partial charge is 0.484 e. The number of hydrogen-bond donors (Lipinski definition) is 2. The summed E-state index contributed by atoms with van der Waals surface area (Å²) in [5.41, 5.74) is 6.65. The number of ether oxygens (including phenoxy) is 1. The molecule has 1 saturated carbocycles. The van der Waals surface area contributed by atoms with Crippen molar-refractivity contribution in [2.45, 2.75) is 42.9 Å². The Hall–Kier alpha value is -2.54. The van der Waals surface area contributed by atoms with E-state index in [1.54, 1.807) is 36.4 Å². The highest BCUT2D eigenvalue weighted by Gasteiger charge is 2.18. The highest BCUT2D eigenvalue weighted by molar-refractivity contribution is 7.92. The molecular weight excluding hydrogens is 364 g/mol. The Morgan fingerprint density at radius 2 is 1.63 bits per heavy atom. The number of nitrogens with two attached hydrogens (primary N) is 1. The van der Waals surface area contributed by atoms with E-state index in [1.165, 1.54) is 37.7 Å². The molecule has 144 valence electrons. The molecule has 0 heterocycles. The number of anilines is 1. The van der Waals surface area contributed by atoms with Crippen LogP contribution in [0.1, 0.15) is 43.6 Å². The Morgan fingerprint density at radius 3 is 2.22 bits per heavy atom. The molecule has 0 aliphatic heterocycles. The van der Waals surface area contributed by atoms with Crippen molar-refractivity contribution < 1.29 is 17.9 Å². The second kappa shape index (κ2) is 8.43. The van der Waals surface area contributed by atoms with Crippen molar-refractivity contribution in [3.8, 4) is 5.75 Å². The zero-order chi connectivity index (χ0) is 19.3. The van der Waals surface area contributed by atoms with Crippen molar-refractivity contribution in [2.75, 3.05) is 11.3 Å². The number of nitrogens with one attached hydrogen (secondary N) is 1. The summed E-state index contributed by atoms with van der Waals surface area (Å²) in [5, 5.41) is 0. The standard InChI is InChI=1S/C20H24N2O4S/c21-20(23)14-26-18-10-8-17(9-11-18)22-27(24,25)19-12-6-16(7-13-19)15-4-2-1-3-5-15/h6-13,15,22H,1-5,14H2,(H2,21,23). The monoisotopic (exact) mass is 388 g/mol. The van der Waals surface area contributed by atoms with Gasteiger partial charge >= 0.3 is 0 Å². The van der Waals surface area contributed by atoms with Crippen LogP contribution < -0.4 is 15.2 Å². The number of carbonyl (C=O) groups is 1. The quantitative estimate of drug-likeness (QED) is 0.759. The zero-order valence-corrected chi connectivity index (χ0v) is 15.9. The van der Waals surface area contributed by atoms with E-state index in [0.717, 1.165) is 0 Å². The average molecular weight is 388 g/mol. The van der Waals surface area contributed by atoms with Gasteiger partial charge in [0, 0.05) is 5.69 Å². The Kier molecular flexibility index (Phi) is 6.01. The minimum Gasteiger partial charge on any atom is -0.484 e. The highest BCUT2D eigenvalue weighted by atomic mass is 32.2. The van der Waals surface area contributed by atoms with Crippen LogP contribution in [0.3, 0.4) is 0 Å². The third-order valence-electron chi connectivity index (χ3n) is 4.75. The summed E-state index contributed by atoms with van der Waals surface area (Å²) in [6.45, 7) is -0.224. The number of rotatable bonds is 7. The number of amides is 1. The zero-order valence-electron chi connectivity index (χ0n) is 15.1. The lowest BCUT2D eigenvalue weighted by atomic mass is 9.84. The van der Waals surface area contributed by atoms with E-state index in [-0.39, 0.29) is 11.5 Å². The fourth-order valence-electron chi connectivity index (χ4n) is 3.34. The van der Waals surface area contributed by atoms with Gasteiger partial charge in [0.15, 0.2) is 6.61 Å². The molecule has 27 heavy (non-hydrogen) atoms. The molecule has 0 aromatic heterocycles. The van der Waals surface area contributed by atoms with Crippen LogP contribution in [-0.4, -0.2) is 20.9 Å². The van der Waals surface area contributed by atoms with Crippen LogP contribution in [0, 0.1) is 0 Å². The van der Waals surface area contributed by atoms with Crippen LogP contribution in [0.25, 0.3) is 0 Å². The third-order valence-corrected chi connectivity index (χ3v) is 6.15. The number of sulfonamides is 1. The van der Waals surface area contributed by atoms with Crippen LogP contribution in [0.15, 0.2) is 53.4 Å². The molecule has 0 atom stereocenters. The Balaban J connectivity index is 1.66. The molecule has 3 N–H and O–H groups in total. The van der Waals surface area contributed by atoms with Gasteiger partial charge in [0.25, 0.3) is 15.9 Å². The highest BCUT2D eigenvalue weighted by Crippen LogP contribution is 2.33. The van der Waals surface area contributed by atoms with Crippen LogP contribution in [-0.2, 0) is 14.8 Å². The molecule has 0 radical (unpaired) electrons. The molecular formula is C20H24N2O4S. The van der Waals surface area contributed by atoms with Gasteiger partial charge in [-0.15, -0.1) is 0 Å². The summed E-state index contributed by atoms with van der Waals surface area (Å²) in [7, 11) is -3.66. The van der Waals surface area contributed by atoms with Crippen molar-refractivity contribution in [3.63, 3.8) is 0 Å². The number of hydrogen-bond acceptors (Lipinski definition) is 4. The van der Waals surface area contributed by atoms with Crippen molar-refractivity contribution in [3.05, 3.63) is 54.1 Å². The van der Waals surface area contributed by atoms with Gasteiger partial charge in [0.05, 0.1) is 4.90 Å². The predicted octanol–water partition coefficient (Wildman–Crippen LogP) is 3.40. The molecule has 6 nitrogen and oxygen atoms in total. The van der Waals surface area contributed by atoms with Crippen LogP contribution in [0.4, 0.5) is 5.69 Å². The SMILES string of the molecule is NC(=O)COc1ccc(NS(=O)(=O)c2ccc(C3CCCCC3)cc2)cc1. The minimum atomic E-state index is -3.66. The number of benzene rings is 2. The topological polar surface area (TPSA) is 98.5 Å². The molecule has 1 fully saturated rings. The van der Waals surface area contributed by atoms with Gasteiger partial charge in [-0.3, -0.25) is 9.52 Å². The molecule has 0 spiro atoms. The van der Waals surface area contributed by atoms with Gasteiger partial charge in [-0.25, -0.2) is 8.42 Å². The molecule has 7 heteroatoms.